The van der Waals surface area contributed by atoms with Crippen molar-refractivity contribution in [1.29, 1.82) is 0 Å². The summed E-state index contributed by atoms with van der Waals surface area (Å²) in [4.78, 5) is 15.9. The molecule has 5 heteroatoms. The van der Waals surface area contributed by atoms with Crippen LogP contribution in [-0.4, -0.2) is 17.9 Å². The standard InChI is InChI=1S/C12H13N3O2/c1-13-11-7-14-4-2-10(11)12(16)15-6-9-3-5-17-8-9/h2-5,7-8,13H,6H2,1H3,(H,15,16). The Kier molecular flexibility index (Phi) is 3.40. The van der Waals surface area contributed by atoms with Gasteiger partial charge in [0, 0.05) is 25.4 Å². The lowest BCUT2D eigenvalue weighted by Crippen LogP contribution is -2.23. The van der Waals surface area contributed by atoms with E-state index >= 15 is 0 Å². The molecule has 2 aromatic rings. The van der Waals surface area contributed by atoms with Crippen LogP contribution in [0, 0.1) is 0 Å². The number of aromatic nitrogens is 1. The first-order valence-corrected chi connectivity index (χ1v) is 5.22. The predicted molar refractivity (Wildman–Crippen MR) is 63.7 cm³/mol. The van der Waals surface area contributed by atoms with Crippen molar-refractivity contribution in [2.24, 2.45) is 0 Å². The van der Waals surface area contributed by atoms with Crippen molar-refractivity contribution in [3.8, 4) is 0 Å². The topological polar surface area (TPSA) is 67.2 Å². The van der Waals surface area contributed by atoms with E-state index in [-0.39, 0.29) is 5.91 Å². The van der Waals surface area contributed by atoms with Crippen LogP contribution >= 0.6 is 0 Å². The Labute approximate surface area is 98.9 Å². The third-order valence-corrected chi connectivity index (χ3v) is 2.37. The Morgan fingerprint density at radius 2 is 2.35 bits per heavy atom. The van der Waals surface area contributed by atoms with Gasteiger partial charge in [-0.15, -0.1) is 0 Å². The molecule has 5 nitrogen and oxygen atoms in total. The smallest absolute Gasteiger partial charge is 0.253 e. The molecule has 17 heavy (non-hydrogen) atoms. The van der Waals surface area contributed by atoms with Crippen molar-refractivity contribution in [3.63, 3.8) is 0 Å². The number of hydrogen-bond donors (Lipinski definition) is 2. The van der Waals surface area contributed by atoms with Crippen LogP contribution in [0.1, 0.15) is 15.9 Å². The van der Waals surface area contributed by atoms with Crippen molar-refractivity contribution < 1.29 is 9.21 Å². The average molecular weight is 231 g/mol. The minimum atomic E-state index is -0.141. The summed E-state index contributed by atoms with van der Waals surface area (Å²) in [5.41, 5.74) is 2.21. The second kappa shape index (κ2) is 5.16. The number of furan rings is 1. The van der Waals surface area contributed by atoms with Gasteiger partial charge in [0.2, 0.25) is 0 Å². The first-order chi connectivity index (χ1) is 8.31. The van der Waals surface area contributed by atoms with Gasteiger partial charge in [0.1, 0.15) is 0 Å². The first-order valence-electron chi connectivity index (χ1n) is 5.22. The van der Waals surface area contributed by atoms with Gasteiger partial charge >= 0.3 is 0 Å². The molecule has 0 fully saturated rings. The maximum atomic E-state index is 11.9. The maximum absolute atomic E-state index is 11.9. The van der Waals surface area contributed by atoms with Gasteiger partial charge in [0.25, 0.3) is 5.91 Å². The second-order valence-electron chi connectivity index (χ2n) is 3.49. The number of nitrogens with zero attached hydrogens (tertiary/aromatic N) is 1. The third-order valence-electron chi connectivity index (χ3n) is 2.37. The number of nitrogens with one attached hydrogen (secondary N) is 2. The van der Waals surface area contributed by atoms with E-state index in [4.69, 9.17) is 4.42 Å². The Hall–Kier alpha value is -2.30. The van der Waals surface area contributed by atoms with Crippen LogP contribution in [0.5, 0.6) is 0 Å². The first kappa shape index (κ1) is 11.2. The zero-order chi connectivity index (χ0) is 12.1. The van der Waals surface area contributed by atoms with Crippen LogP contribution in [0.4, 0.5) is 5.69 Å². The average Bonchev–Trinajstić information content (AvgIpc) is 2.89. The molecule has 2 heterocycles. The van der Waals surface area contributed by atoms with Crippen molar-refractivity contribution in [1.82, 2.24) is 10.3 Å². The summed E-state index contributed by atoms with van der Waals surface area (Å²) in [6.07, 6.45) is 6.39. The summed E-state index contributed by atoms with van der Waals surface area (Å²) in [7, 11) is 1.75. The van der Waals surface area contributed by atoms with Gasteiger partial charge in [-0.1, -0.05) is 0 Å². The third kappa shape index (κ3) is 2.63. The van der Waals surface area contributed by atoms with Gasteiger partial charge in [0.05, 0.1) is 30.0 Å². The highest BCUT2D eigenvalue weighted by molar-refractivity contribution is 5.99. The van der Waals surface area contributed by atoms with E-state index < -0.39 is 0 Å². The Morgan fingerprint density at radius 3 is 3.06 bits per heavy atom. The van der Waals surface area contributed by atoms with E-state index in [1.54, 1.807) is 38.0 Å². The molecular weight excluding hydrogens is 218 g/mol. The number of anilines is 1. The second-order valence-corrected chi connectivity index (χ2v) is 3.49. The number of hydrogen-bond acceptors (Lipinski definition) is 4. The highest BCUT2D eigenvalue weighted by Gasteiger charge is 2.09. The summed E-state index contributed by atoms with van der Waals surface area (Å²) in [5, 5.41) is 5.74. The molecule has 0 aliphatic heterocycles. The summed E-state index contributed by atoms with van der Waals surface area (Å²) in [6, 6.07) is 3.49. The van der Waals surface area contributed by atoms with Crippen LogP contribution in [0.25, 0.3) is 0 Å². The van der Waals surface area contributed by atoms with Gasteiger partial charge in [0.15, 0.2) is 0 Å². The van der Waals surface area contributed by atoms with Crippen LogP contribution in [-0.2, 0) is 6.54 Å². The fourth-order valence-corrected chi connectivity index (χ4v) is 1.46. The van der Waals surface area contributed by atoms with Gasteiger partial charge in [-0.05, 0) is 12.1 Å². The molecule has 0 atom stereocenters. The van der Waals surface area contributed by atoms with E-state index in [0.29, 0.717) is 17.8 Å². The van der Waals surface area contributed by atoms with E-state index in [1.807, 2.05) is 6.07 Å². The molecular formula is C12H13N3O2. The molecule has 0 unspecified atom stereocenters. The Balaban J connectivity index is 2.04. The summed E-state index contributed by atoms with van der Waals surface area (Å²) < 4.78 is 4.92. The zero-order valence-electron chi connectivity index (χ0n) is 9.43. The molecule has 0 saturated heterocycles. The number of pyridine rings is 1. The zero-order valence-corrected chi connectivity index (χ0v) is 9.43. The molecule has 0 aliphatic carbocycles. The van der Waals surface area contributed by atoms with Crippen LogP contribution in [0.15, 0.2) is 41.5 Å². The SMILES string of the molecule is CNc1cnccc1C(=O)NCc1ccoc1. The summed E-state index contributed by atoms with van der Waals surface area (Å²) >= 11 is 0. The van der Waals surface area contributed by atoms with Gasteiger partial charge in [-0.25, -0.2) is 0 Å². The maximum Gasteiger partial charge on any atom is 0.253 e. The molecule has 88 valence electrons. The number of carbonyl (C=O) groups excluding carboxylic acids is 1. The molecule has 2 N–H and O–H groups in total. The van der Waals surface area contributed by atoms with Gasteiger partial charge in [-0.2, -0.15) is 0 Å². The van der Waals surface area contributed by atoms with E-state index in [2.05, 4.69) is 15.6 Å². The van der Waals surface area contributed by atoms with E-state index in [1.165, 1.54) is 0 Å². The van der Waals surface area contributed by atoms with Crippen molar-refractivity contribution >= 4 is 11.6 Å². The Morgan fingerprint density at radius 1 is 1.47 bits per heavy atom. The van der Waals surface area contributed by atoms with Gasteiger partial charge in [-0.3, -0.25) is 9.78 Å². The molecule has 0 radical (unpaired) electrons. The molecule has 1 amide bonds. The summed E-state index contributed by atoms with van der Waals surface area (Å²) in [6.45, 7) is 0.445. The number of carbonyl (C=O) groups is 1. The fraction of sp³-hybridized carbons (Fsp3) is 0.167. The minimum absolute atomic E-state index is 0.141. The van der Waals surface area contributed by atoms with Crippen molar-refractivity contribution in [2.45, 2.75) is 6.54 Å². The molecule has 0 bridgehead atoms. The van der Waals surface area contributed by atoms with Crippen molar-refractivity contribution in [3.05, 3.63) is 48.2 Å². The molecule has 0 spiro atoms. The van der Waals surface area contributed by atoms with Crippen LogP contribution in [0.3, 0.4) is 0 Å². The molecule has 2 rings (SSSR count). The lowest BCUT2D eigenvalue weighted by Gasteiger charge is -2.08. The highest BCUT2D eigenvalue weighted by atomic mass is 16.3. The number of rotatable bonds is 4. The summed E-state index contributed by atoms with van der Waals surface area (Å²) in [5.74, 6) is -0.141. The quantitative estimate of drug-likeness (QED) is 0.839. The fourth-order valence-electron chi connectivity index (χ4n) is 1.46. The van der Waals surface area contributed by atoms with Crippen LogP contribution < -0.4 is 10.6 Å². The molecule has 0 aromatic carbocycles. The number of amides is 1. The molecule has 2 aromatic heterocycles. The van der Waals surface area contributed by atoms with Crippen LogP contribution in [0.2, 0.25) is 0 Å². The predicted octanol–water partition coefficient (Wildman–Crippen LogP) is 1.65. The van der Waals surface area contributed by atoms with E-state index in [9.17, 15) is 4.79 Å². The normalized spacial score (nSPS) is 9.94. The molecule has 0 saturated carbocycles. The lowest BCUT2D eigenvalue weighted by molar-refractivity contribution is 0.0951. The van der Waals surface area contributed by atoms with Crippen molar-refractivity contribution in [2.75, 3.05) is 12.4 Å². The monoisotopic (exact) mass is 231 g/mol. The minimum Gasteiger partial charge on any atom is -0.472 e. The Bertz CT molecular complexity index is 494. The highest BCUT2D eigenvalue weighted by Crippen LogP contribution is 2.12. The van der Waals surface area contributed by atoms with E-state index in [0.717, 1.165) is 5.56 Å². The largest absolute Gasteiger partial charge is 0.472 e. The van der Waals surface area contributed by atoms with Gasteiger partial charge < -0.3 is 15.1 Å². The molecule has 0 aliphatic rings. The lowest BCUT2D eigenvalue weighted by atomic mass is 10.2.